The third-order valence-corrected chi connectivity index (χ3v) is 6.97. The normalized spacial score (nSPS) is 17.7. The Morgan fingerprint density at radius 1 is 1.23 bits per heavy atom. The Labute approximate surface area is 173 Å². The fourth-order valence-electron chi connectivity index (χ4n) is 3.53. The summed E-state index contributed by atoms with van der Waals surface area (Å²) in [5.41, 5.74) is 0.00962. The third kappa shape index (κ3) is 3.75. The number of carbonyl (C=O) groups excluding carboxylic acids is 1. The van der Waals surface area contributed by atoms with E-state index in [1.165, 1.54) is 23.5 Å². The number of nitrogens with zero attached hydrogens (tertiary/aromatic N) is 3. The van der Waals surface area contributed by atoms with Crippen LogP contribution in [0.3, 0.4) is 0 Å². The maximum Gasteiger partial charge on any atom is 0.339 e. The number of rotatable bonds is 5. The second-order valence-electron chi connectivity index (χ2n) is 7.06. The number of furan rings is 1. The van der Waals surface area contributed by atoms with Gasteiger partial charge in [-0.25, -0.2) is 13.2 Å². The molecule has 9 nitrogen and oxygen atoms in total. The Bertz CT molecular complexity index is 1170. The van der Waals surface area contributed by atoms with Gasteiger partial charge in [0.25, 0.3) is 0 Å². The highest BCUT2D eigenvalue weighted by molar-refractivity contribution is 7.89. The van der Waals surface area contributed by atoms with Crippen LogP contribution in [0.4, 0.5) is 0 Å². The van der Waals surface area contributed by atoms with E-state index >= 15 is 0 Å². The second-order valence-corrected chi connectivity index (χ2v) is 8.96. The molecule has 1 aliphatic rings. The number of carbonyl (C=O) groups is 1. The van der Waals surface area contributed by atoms with Crippen LogP contribution in [0, 0.1) is 6.92 Å². The molecule has 0 unspecified atom stereocenters. The number of piperidine rings is 1. The van der Waals surface area contributed by atoms with Gasteiger partial charge in [-0.3, -0.25) is 0 Å². The largest absolute Gasteiger partial charge is 0.465 e. The van der Waals surface area contributed by atoms with E-state index in [0.717, 1.165) is 5.76 Å². The van der Waals surface area contributed by atoms with Gasteiger partial charge in [-0.15, -0.1) is 0 Å². The lowest BCUT2D eigenvalue weighted by atomic mass is 10.00. The summed E-state index contributed by atoms with van der Waals surface area (Å²) < 4.78 is 43.5. The number of methoxy groups -OCH3 is 1. The molecule has 4 rings (SSSR count). The first-order valence-corrected chi connectivity index (χ1v) is 10.9. The minimum absolute atomic E-state index is 0.00962. The molecule has 1 fully saturated rings. The number of aromatic nitrogens is 2. The molecule has 1 atom stereocenters. The smallest absolute Gasteiger partial charge is 0.339 e. The first kappa shape index (κ1) is 20.3. The van der Waals surface area contributed by atoms with Gasteiger partial charge in [0.2, 0.25) is 21.7 Å². The summed E-state index contributed by atoms with van der Waals surface area (Å²) in [6.45, 7) is 2.34. The van der Waals surface area contributed by atoms with Gasteiger partial charge in [-0.1, -0.05) is 17.3 Å². The average molecular weight is 431 g/mol. The Kier molecular flexibility index (Phi) is 5.44. The summed E-state index contributed by atoms with van der Waals surface area (Å²) in [5, 5.41) is 3.96. The van der Waals surface area contributed by atoms with E-state index in [0.29, 0.717) is 36.9 Å². The zero-order valence-electron chi connectivity index (χ0n) is 16.6. The number of hydrogen-bond donors (Lipinski definition) is 0. The molecule has 10 heteroatoms. The Morgan fingerprint density at radius 2 is 2.03 bits per heavy atom. The van der Waals surface area contributed by atoms with E-state index in [1.807, 2.05) is 6.92 Å². The highest BCUT2D eigenvalue weighted by atomic mass is 32.2. The maximum absolute atomic E-state index is 13.3. The van der Waals surface area contributed by atoms with Crippen LogP contribution in [0.2, 0.25) is 0 Å². The molecule has 0 amide bonds. The summed E-state index contributed by atoms with van der Waals surface area (Å²) in [4.78, 5) is 16.4. The number of aryl methyl sites for hydroxylation is 1. The molecule has 2 aromatic heterocycles. The highest BCUT2D eigenvalue weighted by Crippen LogP contribution is 2.31. The van der Waals surface area contributed by atoms with Crippen molar-refractivity contribution in [3.63, 3.8) is 0 Å². The van der Waals surface area contributed by atoms with E-state index in [1.54, 1.807) is 24.3 Å². The van der Waals surface area contributed by atoms with Crippen LogP contribution in [0.25, 0.3) is 11.6 Å². The van der Waals surface area contributed by atoms with Crippen LogP contribution >= 0.6 is 0 Å². The fourth-order valence-corrected chi connectivity index (χ4v) is 5.23. The van der Waals surface area contributed by atoms with Gasteiger partial charge in [0.05, 0.1) is 23.5 Å². The molecule has 3 aromatic rings. The van der Waals surface area contributed by atoms with Crippen LogP contribution in [-0.2, 0) is 14.8 Å². The van der Waals surface area contributed by atoms with Crippen molar-refractivity contribution in [2.45, 2.75) is 30.6 Å². The first-order chi connectivity index (χ1) is 14.4. The van der Waals surface area contributed by atoms with Crippen molar-refractivity contribution < 1.29 is 26.9 Å². The molecule has 30 heavy (non-hydrogen) atoms. The summed E-state index contributed by atoms with van der Waals surface area (Å²) in [6.07, 6.45) is 1.34. The molecule has 0 radical (unpaired) electrons. The minimum atomic E-state index is -3.91. The number of sulfonamides is 1. The first-order valence-electron chi connectivity index (χ1n) is 9.48. The SMILES string of the molecule is COC(=O)c1ccccc1S(=O)(=O)N1CCC[C@H](c2nc(-c3ccc(C)o3)no2)C1. The van der Waals surface area contributed by atoms with Crippen LogP contribution in [0.15, 0.2) is 50.2 Å². The van der Waals surface area contributed by atoms with E-state index in [4.69, 9.17) is 13.7 Å². The monoisotopic (exact) mass is 431 g/mol. The maximum atomic E-state index is 13.3. The molecule has 158 valence electrons. The molecule has 0 N–H and O–H groups in total. The van der Waals surface area contributed by atoms with Crippen molar-refractivity contribution in [2.75, 3.05) is 20.2 Å². The van der Waals surface area contributed by atoms with Gasteiger partial charge in [0, 0.05) is 13.1 Å². The number of ether oxygens (including phenoxy) is 1. The zero-order valence-corrected chi connectivity index (χ0v) is 17.4. The van der Waals surface area contributed by atoms with Gasteiger partial charge in [0.15, 0.2) is 5.76 Å². The predicted molar refractivity (Wildman–Crippen MR) is 105 cm³/mol. The molecule has 0 bridgehead atoms. The van der Waals surface area contributed by atoms with Crippen LogP contribution in [0.1, 0.15) is 40.8 Å². The Morgan fingerprint density at radius 3 is 2.77 bits per heavy atom. The quantitative estimate of drug-likeness (QED) is 0.566. The number of esters is 1. The molecular weight excluding hydrogens is 410 g/mol. The molecule has 0 aliphatic carbocycles. The van der Waals surface area contributed by atoms with Crippen LogP contribution in [0.5, 0.6) is 0 Å². The molecule has 0 saturated carbocycles. The molecular formula is C20H21N3O6S. The van der Waals surface area contributed by atoms with Crippen molar-refractivity contribution in [1.29, 1.82) is 0 Å². The van der Waals surface area contributed by atoms with Crippen LogP contribution in [-0.4, -0.2) is 49.0 Å². The average Bonchev–Trinajstić information content (AvgIpc) is 3.42. The second kappa shape index (κ2) is 8.04. The van der Waals surface area contributed by atoms with Gasteiger partial charge in [0.1, 0.15) is 5.76 Å². The standard InChI is InChI=1S/C20H21N3O6S/c1-13-9-10-16(28-13)18-21-19(29-22-18)14-6-5-11-23(12-14)30(25,26)17-8-4-3-7-15(17)20(24)27-2/h3-4,7-10,14H,5-6,11-12H2,1-2H3/t14-/m0/s1. The molecule has 1 aliphatic heterocycles. The summed E-state index contributed by atoms with van der Waals surface area (Å²) in [5.74, 6) is 0.966. The Hall–Kier alpha value is -2.98. The summed E-state index contributed by atoms with van der Waals surface area (Å²) in [6, 6.07) is 9.59. The number of benzene rings is 1. The minimum Gasteiger partial charge on any atom is -0.465 e. The van der Waals surface area contributed by atoms with Gasteiger partial charge >= 0.3 is 5.97 Å². The van der Waals surface area contributed by atoms with Crippen molar-refractivity contribution in [3.8, 4) is 11.6 Å². The predicted octanol–water partition coefficient (Wildman–Crippen LogP) is 2.99. The highest BCUT2D eigenvalue weighted by Gasteiger charge is 2.35. The lowest BCUT2D eigenvalue weighted by Gasteiger charge is -2.30. The van der Waals surface area contributed by atoms with E-state index in [-0.39, 0.29) is 22.9 Å². The van der Waals surface area contributed by atoms with Gasteiger partial charge in [-0.05, 0) is 44.0 Å². The Balaban J connectivity index is 1.59. The van der Waals surface area contributed by atoms with Gasteiger partial charge < -0.3 is 13.7 Å². The van der Waals surface area contributed by atoms with Crippen molar-refractivity contribution in [2.24, 2.45) is 0 Å². The lowest BCUT2D eigenvalue weighted by Crippen LogP contribution is -2.39. The van der Waals surface area contributed by atoms with Gasteiger partial charge in [-0.2, -0.15) is 9.29 Å². The molecule has 1 aromatic carbocycles. The zero-order chi connectivity index (χ0) is 21.3. The summed E-state index contributed by atoms with van der Waals surface area (Å²) >= 11 is 0. The lowest BCUT2D eigenvalue weighted by molar-refractivity contribution is 0.0596. The molecule has 0 spiro atoms. The third-order valence-electron chi connectivity index (χ3n) is 5.05. The van der Waals surface area contributed by atoms with E-state index < -0.39 is 16.0 Å². The van der Waals surface area contributed by atoms with Crippen molar-refractivity contribution >= 4 is 16.0 Å². The molecule has 1 saturated heterocycles. The van der Waals surface area contributed by atoms with Crippen LogP contribution < -0.4 is 0 Å². The van der Waals surface area contributed by atoms with E-state index in [9.17, 15) is 13.2 Å². The topological polar surface area (TPSA) is 116 Å². The van der Waals surface area contributed by atoms with E-state index in [2.05, 4.69) is 10.1 Å². The molecule has 3 heterocycles. The fraction of sp³-hybridized carbons (Fsp3) is 0.350. The van der Waals surface area contributed by atoms with Crippen molar-refractivity contribution in [3.05, 3.63) is 53.6 Å². The summed E-state index contributed by atoms with van der Waals surface area (Å²) in [7, 11) is -2.69. The van der Waals surface area contributed by atoms with Crippen molar-refractivity contribution in [1.82, 2.24) is 14.4 Å². The number of hydrogen-bond acceptors (Lipinski definition) is 8.